The molecule has 0 unspecified atom stereocenters. The first-order chi connectivity index (χ1) is 16.4. The highest BCUT2D eigenvalue weighted by atomic mass is 19.1. The standard InChI is InChI=1S/C25H25F2N3O4/c1-28-20-7-9-21(10-8-20)34-25(32)12-11-24(31)33-15-14-30(23-4-2-3-13-29-23)17-18-5-6-19(26)16-22(18)27/h2-10,13,16,28H,11-12,14-15,17H2,1H3. The normalized spacial score (nSPS) is 10.4. The number of pyridine rings is 1. The summed E-state index contributed by atoms with van der Waals surface area (Å²) in [4.78, 5) is 30.0. The van der Waals surface area contributed by atoms with Crippen molar-refractivity contribution >= 4 is 23.4 Å². The van der Waals surface area contributed by atoms with Crippen molar-refractivity contribution in [3.05, 3.63) is 84.1 Å². The Morgan fingerprint density at radius 1 is 1.00 bits per heavy atom. The van der Waals surface area contributed by atoms with Gasteiger partial charge in [-0.3, -0.25) is 9.59 Å². The second-order valence-electron chi connectivity index (χ2n) is 7.31. The fourth-order valence-electron chi connectivity index (χ4n) is 3.09. The number of rotatable bonds is 11. The zero-order valence-corrected chi connectivity index (χ0v) is 18.7. The number of halogens is 2. The molecule has 0 aliphatic carbocycles. The second kappa shape index (κ2) is 12.3. The van der Waals surface area contributed by atoms with Crippen molar-refractivity contribution in [2.45, 2.75) is 19.4 Å². The molecule has 2 aromatic carbocycles. The van der Waals surface area contributed by atoms with E-state index in [4.69, 9.17) is 9.47 Å². The molecule has 0 atom stereocenters. The van der Waals surface area contributed by atoms with E-state index in [1.54, 1.807) is 60.6 Å². The third-order valence-corrected chi connectivity index (χ3v) is 4.88. The van der Waals surface area contributed by atoms with Gasteiger partial charge in [0.15, 0.2) is 0 Å². The van der Waals surface area contributed by atoms with Gasteiger partial charge in [0.25, 0.3) is 0 Å². The van der Waals surface area contributed by atoms with Gasteiger partial charge in [0.05, 0.1) is 19.4 Å². The molecule has 1 aromatic heterocycles. The van der Waals surface area contributed by atoms with Crippen LogP contribution in [0, 0.1) is 11.6 Å². The maximum Gasteiger partial charge on any atom is 0.311 e. The fraction of sp³-hybridized carbons (Fsp3) is 0.240. The lowest BCUT2D eigenvalue weighted by Gasteiger charge is -2.24. The van der Waals surface area contributed by atoms with E-state index in [9.17, 15) is 18.4 Å². The molecule has 1 N–H and O–H groups in total. The quantitative estimate of drug-likeness (QED) is 0.331. The summed E-state index contributed by atoms with van der Waals surface area (Å²) in [6, 6.07) is 15.5. The van der Waals surface area contributed by atoms with Gasteiger partial charge in [0, 0.05) is 37.1 Å². The van der Waals surface area contributed by atoms with Crippen molar-refractivity contribution in [1.29, 1.82) is 0 Å². The molecule has 0 radical (unpaired) electrons. The zero-order chi connectivity index (χ0) is 24.3. The first-order valence-electron chi connectivity index (χ1n) is 10.7. The first kappa shape index (κ1) is 24.6. The number of esters is 2. The van der Waals surface area contributed by atoms with E-state index >= 15 is 0 Å². The molecular formula is C25H25F2N3O4. The molecule has 178 valence electrons. The Morgan fingerprint density at radius 2 is 1.76 bits per heavy atom. The third-order valence-electron chi connectivity index (χ3n) is 4.88. The topological polar surface area (TPSA) is 80.8 Å². The van der Waals surface area contributed by atoms with Crippen LogP contribution >= 0.6 is 0 Å². The van der Waals surface area contributed by atoms with Gasteiger partial charge in [-0.15, -0.1) is 0 Å². The molecule has 0 amide bonds. The number of hydrogen-bond donors (Lipinski definition) is 1. The van der Waals surface area contributed by atoms with Gasteiger partial charge >= 0.3 is 11.9 Å². The van der Waals surface area contributed by atoms with Crippen LogP contribution in [-0.2, 0) is 20.9 Å². The minimum Gasteiger partial charge on any atom is -0.464 e. The summed E-state index contributed by atoms with van der Waals surface area (Å²) in [6.45, 7) is 0.333. The number of aromatic nitrogens is 1. The van der Waals surface area contributed by atoms with Crippen LogP contribution in [0.5, 0.6) is 5.75 Å². The number of carbonyl (C=O) groups excluding carboxylic acids is 2. The van der Waals surface area contributed by atoms with Crippen LogP contribution in [0.4, 0.5) is 20.3 Å². The number of ether oxygens (including phenoxy) is 2. The van der Waals surface area contributed by atoms with E-state index in [-0.39, 0.29) is 38.1 Å². The van der Waals surface area contributed by atoms with Crippen LogP contribution in [-0.4, -0.2) is 37.1 Å². The maximum atomic E-state index is 14.1. The summed E-state index contributed by atoms with van der Waals surface area (Å²) in [7, 11) is 1.78. The SMILES string of the molecule is CNc1ccc(OC(=O)CCC(=O)OCCN(Cc2ccc(F)cc2F)c2ccccn2)cc1. The van der Waals surface area contributed by atoms with Gasteiger partial charge in [-0.05, 0) is 42.5 Å². The van der Waals surface area contributed by atoms with E-state index in [1.807, 2.05) is 0 Å². The minimum absolute atomic E-state index is 0.00124. The summed E-state index contributed by atoms with van der Waals surface area (Å²) in [5, 5.41) is 2.96. The fourth-order valence-corrected chi connectivity index (χ4v) is 3.09. The van der Waals surface area contributed by atoms with E-state index < -0.39 is 23.6 Å². The Hall–Kier alpha value is -4.01. The van der Waals surface area contributed by atoms with Gasteiger partial charge in [-0.2, -0.15) is 0 Å². The number of carbonyl (C=O) groups is 2. The molecule has 0 aliphatic rings. The summed E-state index contributed by atoms with van der Waals surface area (Å²) >= 11 is 0. The number of nitrogens with one attached hydrogen (secondary N) is 1. The molecule has 3 rings (SSSR count). The van der Waals surface area contributed by atoms with Crippen LogP contribution in [0.2, 0.25) is 0 Å². The molecule has 0 bridgehead atoms. The molecule has 34 heavy (non-hydrogen) atoms. The van der Waals surface area contributed by atoms with Crippen LogP contribution in [0.1, 0.15) is 18.4 Å². The third kappa shape index (κ3) is 7.54. The predicted molar refractivity (Wildman–Crippen MR) is 123 cm³/mol. The Labute approximate surface area is 196 Å². The molecule has 7 nitrogen and oxygen atoms in total. The average Bonchev–Trinajstić information content (AvgIpc) is 2.84. The summed E-state index contributed by atoms with van der Waals surface area (Å²) in [5.41, 5.74) is 1.16. The molecule has 0 saturated carbocycles. The molecule has 0 fully saturated rings. The molecule has 9 heteroatoms. The van der Waals surface area contributed by atoms with Crippen molar-refractivity contribution < 1.29 is 27.8 Å². The monoisotopic (exact) mass is 469 g/mol. The van der Waals surface area contributed by atoms with Crippen molar-refractivity contribution in [2.75, 3.05) is 30.4 Å². The van der Waals surface area contributed by atoms with Crippen LogP contribution in [0.15, 0.2) is 66.9 Å². The summed E-state index contributed by atoms with van der Waals surface area (Å²) in [5.74, 6) is -1.50. The lowest BCUT2D eigenvalue weighted by molar-refractivity contribution is -0.146. The number of hydrogen-bond acceptors (Lipinski definition) is 7. The highest BCUT2D eigenvalue weighted by Crippen LogP contribution is 2.18. The van der Waals surface area contributed by atoms with Gasteiger partial charge in [0.2, 0.25) is 0 Å². The molecule has 0 aliphatic heterocycles. The Balaban J connectivity index is 1.48. The Kier molecular flexibility index (Phi) is 8.90. The lowest BCUT2D eigenvalue weighted by atomic mass is 10.2. The zero-order valence-electron chi connectivity index (χ0n) is 18.7. The molecular weight excluding hydrogens is 444 g/mol. The largest absolute Gasteiger partial charge is 0.464 e. The van der Waals surface area contributed by atoms with Crippen molar-refractivity contribution in [2.24, 2.45) is 0 Å². The first-order valence-corrected chi connectivity index (χ1v) is 10.7. The van der Waals surface area contributed by atoms with E-state index in [1.165, 1.54) is 12.1 Å². The summed E-state index contributed by atoms with van der Waals surface area (Å²) < 4.78 is 37.8. The van der Waals surface area contributed by atoms with Crippen LogP contribution in [0.3, 0.4) is 0 Å². The van der Waals surface area contributed by atoms with E-state index in [0.717, 1.165) is 11.8 Å². The van der Waals surface area contributed by atoms with Gasteiger partial charge in [-0.1, -0.05) is 12.1 Å². The molecule has 0 saturated heterocycles. The number of nitrogens with zero attached hydrogens (tertiary/aromatic N) is 2. The van der Waals surface area contributed by atoms with Crippen LogP contribution in [0.25, 0.3) is 0 Å². The highest BCUT2D eigenvalue weighted by Gasteiger charge is 2.14. The summed E-state index contributed by atoms with van der Waals surface area (Å²) in [6.07, 6.45) is 1.33. The molecule has 0 spiro atoms. The minimum atomic E-state index is -0.669. The number of anilines is 2. The van der Waals surface area contributed by atoms with Crippen LogP contribution < -0.4 is 15.0 Å². The van der Waals surface area contributed by atoms with Crippen molar-refractivity contribution in [3.8, 4) is 5.75 Å². The molecule has 1 heterocycles. The van der Waals surface area contributed by atoms with Gasteiger partial charge in [-0.25, -0.2) is 13.8 Å². The maximum absolute atomic E-state index is 14.1. The Bertz CT molecular complexity index is 1100. The van der Waals surface area contributed by atoms with Crippen molar-refractivity contribution in [1.82, 2.24) is 4.98 Å². The average molecular weight is 469 g/mol. The van der Waals surface area contributed by atoms with E-state index in [2.05, 4.69) is 10.3 Å². The lowest BCUT2D eigenvalue weighted by Crippen LogP contribution is -2.29. The second-order valence-corrected chi connectivity index (χ2v) is 7.31. The molecule has 3 aromatic rings. The smallest absolute Gasteiger partial charge is 0.311 e. The predicted octanol–water partition coefficient (Wildman–Crippen LogP) is 4.34. The number of benzene rings is 2. The van der Waals surface area contributed by atoms with Gasteiger partial charge < -0.3 is 19.7 Å². The van der Waals surface area contributed by atoms with E-state index in [0.29, 0.717) is 11.6 Å². The Morgan fingerprint density at radius 3 is 2.44 bits per heavy atom. The van der Waals surface area contributed by atoms with Gasteiger partial charge in [0.1, 0.15) is 29.8 Å². The van der Waals surface area contributed by atoms with Crippen molar-refractivity contribution in [3.63, 3.8) is 0 Å². The highest BCUT2D eigenvalue weighted by molar-refractivity contribution is 5.79.